The summed E-state index contributed by atoms with van der Waals surface area (Å²) in [5, 5.41) is 2.88. The van der Waals surface area contributed by atoms with Crippen LogP contribution in [-0.4, -0.2) is 54.6 Å². The van der Waals surface area contributed by atoms with Gasteiger partial charge in [0.05, 0.1) is 34.2 Å². The van der Waals surface area contributed by atoms with Crippen molar-refractivity contribution in [1.29, 1.82) is 0 Å². The Morgan fingerprint density at radius 2 is 1.62 bits per heavy atom. The number of nitrogens with one attached hydrogen (secondary N) is 1. The van der Waals surface area contributed by atoms with Gasteiger partial charge in [-0.15, -0.1) is 0 Å². The number of halogens is 1. The first-order chi connectivity index (χ1) is 13.8. The third kappa shape index (κ3) is 6.08. The van der Waals surface area contributed by atoms with E-state index >= 15 is 0 Å². The number of hydrogen-bond acceptors (Lipinski definition) is 4. The summed E-state index contributed by atoms with van der Waals surface area (Å²) in [4.78, 5) is 21.0. The van der Waals surface area contributed by atoms with Crippen LogP contribution in [0.2, 0.25) is 0 Å². The summed E-state index contributed by atoms with van der Waals surface area (Å²) in [6, 6.07) is 14.6. The summed E-state index contributed by atoms with van der Waals surface area (Å²) in [5.41, 5.74) is 1.08. The second kappa shape index (κ2) is 8.79. The van der Waals surface area contributed by atoms with E-state index in [9.17, 15) is 9.18 Å². The lowest BCUT2D eigenvalue weighted by Crippen LogP contribution is -2.42. The summed E-state index contributed by atoms with van der Waals surface area (Å²) < 4.78 is 19.4. The minimum absolute atomic E-state index is 0.224. The van der Waals surface area contributed by atoms with E-state index < -0.39 is 0 Å². The number of ether oxygens (including phenoxy) is 1. The first-order valence-corrected chi connectivity index (χ1v) is 9.26. The summed E-state index contributed by atoms with van der Waals surface area (Å²) in [5.74, 6) is 1.07. The number of carbonyl (C=O) groups is 1. The van der Waals surface area contributed by atoms with Crippen molar-refractivity contribution in [3.63, 3.8) is 0 Å². The fourth-order valence-electron chi connectivity index (χ4n) is 2.53. The topological polar surface area (TPSA) is 64.1 Å². The molecule has 0 spiro atoms. The van der Waals surface area contributed by atoms with Crippen LogP contribution in [0.5, 0.6) is 11.5 Å². The first kappa shape index (κ1) is 20.4. The number of nitrogens with zero attached hydrogens (tertiary/aromatic N) is 3. The number of amides is 1. The Morgan fingerprint density at radius 3 is 2.24 bits per heavy atom. The van der Waals surface area contributed by atoms with E-state index in [0.29, 0.717) is 29.6 Å². The molecule has 1 N–H and O–H groups in total. The summed E-state index contributed by atoms with van der Waals surface area (Å²) in [6.07, 6.45) is 1.57. The summed E-state index contributed by atoms with van der Waals surface area (Å²) in [7, 11) is 6.20. The molecule has 0 bridgehead atoms. The predicted octanol–water partition coefficient (Wildman–Crippen LogP) is 3.51. The van der Waals surface area contributed by atoms with Gasteiger partial charge in [0.15, 0.2) is 5.82 Å². The smallest absolute Gasteiger partial charge is 0.270 e. The van der Waals surface area contributed by atoms with E-state index in [1.54, 1.807) is 36.5 Å². The zero-order valence-electron chi connectivity index (χ0n) is 16.7. The molecule has 0 saturated heterocycles. The van der Waals surface area contributed by atoms with E-state index in [1.807, 2.05) is 12.1 Å². The first-order valence-electron chi connectivity index (χ1n) is 9.26. The molecule has 0 atom stereocenters. The third-order valence-corrected chi connectivity index (χ3v) is 4.12. The van der Waals surface area contributed by atoms with Gasteiger partial charge in [-0.2, -0.15) is 0 Å². The number of rotatable bonds is 7. The van der Waals surface area contributed by atoms with Gasteiger partial charge in [0.25, 0.3) is 5.91 Å². The van der Waals surface area contributed by atoms with Crippen molar-refractivity contribution >= 4 is 5.91 Å². The van der Waals surface area contributed by atoms with E-state index in [1.165, 1.54) is 12.1 Å². The Balaban J connectivity index is 1.66. The number of carbonyl (C=O) groups excluding carboxylic acids is 1. The maximum absolute atomic E-state index is 13.0. The zero-order chi connectivity index (χ0) is 20.9. The van der Waals surface area contributed by atoms with Crippen molar-refractivity contribution < 1.29 is 18.4 Å². The van der Waals surface area contributed by atoms with Crippen LogP contribution in [0, 0.1) is 5.82 Å². The molecule has 0 radical (unpaired) electrons. The predicted molar refractivity (Wildman–Crippen MR) is 109 cm³/mol. The highest BCUT2D eigenvalue weighted by Gasteiger charge is 2.12. The van der Waals surface area contributed by atoms with Crippen LogP contribution in [0.25, 0.3) is 11.4 Å². The van der Waals surface area contributed by atoms with Crippen molar-refractivity contribution in [2.45, 2.75) is 0 Å². The fraction of sp³-hybridized carbons (Fsp3) is 0.227. The highest BCUT2D eigenvalue weighted by molar-refractivity contribution is 5.92. The quantitative estimate of drug-likeness (QED) is 0.622. The average molecular weight is 395 g/mol. The Morgan fingerprint density at radius 1 is 1.00 bits per heavy atom. The van der Waals surface area contributed by atoms with Gasteiger partial charge in [-0.1, -0.05) is 0 Å². The van der Waals surface area contributed by atoms with Crippen molar-refractivity contribution in [3.05, 3.63) is 72.3 Å². The molecule has 29 heavy (non-hydrogen) atoms. The van der Waals surface area contributed by atoms with Crippen LogP contribution in [0.4, 0.5) is 4.39 Å². The third-order valence-electron chi connectivity index (χ3n) is 4.12. The van der Waals surface area contributed by atoms with E-state index in [-0.39, 0.29) is 11.7 Å². The fourth-order valence-corrected chi connectivity index (χ4v) is 2.53. The highest BCUT2D eigenvalue weighted by Crippen LogP contribution is 2.24. The maximum atomic E-state index is 13.0. The zero-order valence-corrected chi connectivity index (χ0v) is 16.7. The van der Waals surface area contributed by atoms with Gasteiger partial charge in [-0.05, 0) is 54.6 Å². The van der Waals surface area contributed by atoms with E-state index in [2.05, 4.69) is 36.4 Å². The summed E-state index contributed by atoms with van der Waals surface area (Å²) >= 11 is 0. The van der Waals surface area contributed by atoms with Crippen LogP contribution < -0.4 is 10.1 Å². The van der Waals surface area contributed by atoms with Gasteiger partial charge < -0.3 is 14.5 Å². The lowest BCUT2D eigenvalue weighted by Gasteiger charge is -2.23. The van der Waals surface area contributed by atoms with Crippen molar-refractivity contribution in [3.8, 4) is 22.9 Å². The number of likely N-dealkylation sites (N-methyl/N-ethyl adjacent to an activating group) is 1. The van der Waals surface area contributed by atoms with Crippen molar-refractivity contribution in [2.75, 3.05) is 34.2 Å². The molecule has 0 fully saturated rings. The minimum atomic E-state index is -0.314. The van der Waals surface area contributed by atoms with Crippen LogP contribution in [0.1, 0.15) is 10.5 Å². The number of hydrogen-bond donors (Lipinski definition) is 1. The van der Waals surface area contributed by atoms with Crippen LogP contribution >= 0.6 is 0 Å². The SMILES string of the molecule is C[N+](C)(C)CCNC(=O)c1ccnc(-c2ccc(Oc3ccc(F)cc3)cc2)n1. The lowest BCUT2D eigenvalue weighted by atomic mass is 10.2. The molecule has 0 aliphatic rings. The van der Waals surface area contributed by atoms with Crippen LogP contribution in [-0.2, 0) is 0 Å². The van der Waals surface area contributed by atoms with E-state index in [0.717, 1.165) is 16.6 Å². The molecular weight excluding hydrogens is 371 g/mol. The lowest BCUT2D eigenvalue weighted by molar-refractivity contribution is -0.869. The Bertz CT molecular complexity index is 967. The highest BCUT2D eigenvalue weighted by atomic mass is 19.1. The van der Waals surface area contributed by atoms with Crippen LogP contribution in [0.15, 0.2) is 60.8 Å². The second-order valence-electron chi connectivity index (χ2n) is 7.62. The molecule has 0 aliphatic carbocycles. The van der Waals surface area contributed by atoms with Gasteiger partial charge in [0.1, 0.15) is 23.0 Å². The van der Waals surface area contributed by atoms with Gasteiger partial charge in [-0.3, -0.25) is 4.79 Å². The minimum Gasteiger partial charge on any atom is -0.457 e. The molecule has 0 saturated carbocycles. The molecule has 1 amide bonds. The molecule has 0 aliphatic heterocycles. The average Bonchev–Trinajstić information content (AvgIpc) is 2.69. The molecule has 2 aromatic carbocycles. The molecule has 3 aromatic rings. The molecule has 7 heteroatoms. The van der Waals surface area contributed by atoms with Crippen molar-refractivity contribution in [2.24, 2.45) is 0 Å². The molecule has 3 rings (SSSR count). The van der Waals surface area contributed by atoms with Crippen molar-refractivity contribution in [1.82, 2.24) is 15.3 Å². The molecule has 6 nitrogen and oxygen atoms in total. The Kier molecular flexibility index (Phi) is 6.19. The molecule has 0 unspecified atom stereocenters. The van der Waals surface area contributed by atoms with Gasteiger partial charge in [0, 0.05) is 11.8 Å². The largest absolute Gasteiger partial charge is 0.457 e. The standard InChI is InChI=1S/C22H23FN4O2/c1-27(2,3)15-14-25-22(28)20-12-13-24-21(26-20)16-4-8-18(9-5-16)29-19-10-6-17(23)7-11-19/h4-13H,14-15H2,1-3H3/p+1. The normalized spacial score (nSPS) is 11.2. The van der Waals surface area contributed by atoms with Crippen LogP contribution in [0.3, 0.4) is 0 Å². The Labute approximate surface area is 169 Å². The summed E-state index contributed by atoms with van der Waals surface area (Å²) in [6.45, 7) is 1.39. The second-order valence-corrected chi connectivity index (χ2v) is 7.62. The van der Waals surface area contributed by atoms with Gasteiger partial charge >= 0.3 is 0 Å². The van der Waals surface area contributed by atoms with Gasteiger partial charge in [0.2, 0.25) is 0 Å². The molecule has 1 heterocycles. The maximum Gasteiger partial charge on any atom is 0.270 e. The number of benzene rings is 2. The Hall–Kier alpha value is -3.32. The number of quaternary nitrogens is 1. The monoisotopic (exact) mass is 395 g/mol. The molecule has 1 aromatic heterocycles. The molecule has 150 valence electrons. The van der Waals surface area contributed by atoms with E-state index in [4.69, 9.17) is 4.74 Å². The molecular formula is C22H24FN4O2+. The van der Waals surface area contributed by atoms with Gasteiger partial charge in [-0.25, -0.2) is 14.4 Å². The number of aromatic nitrogens is 2.